The van der Waals surface area contributed by atoms with Gasteiger partial charge in [0.1, 0.15) is 5.82 Å². The van der Waals surface area contributed by atoms with Crippen molar-refractivity contribution in [2.45, 2.75) is 38.9 Å². The first kappa shape index (κ1) is 14.0. The van der Waals surface area contributed by atoms with Crippen molar-refractivity contribution < 1.29 is 14.2 Å². The van der Waals surface area contributed by atoms with E-state index in [2.05, 4.69) is 0 Å². The summed E-state index contributed by atoms with van der Waals surface area (Å²) in [6.45, 7) is 6.73. The van der Waals surface area contributed by atoms with E-state index in [1.807, 2.05) is 0 Å². The average Bonchev–Trinajstić information content (AvgIpc) is 2.18. The summed E-state index contributed by atoms with van der Waals surface area (Å²) >= 11 is 0. The maximum atomic E-state index is 13.6. The fraction of sp³-hybridized carbons (Fsp3) is 0.500. The molecule has 1 rings (SSSR count). The van der Waals surface area contributed by atoms with Crippen molar-refractivity contribution in [3.05, 3.63) is 24.0 Å². The van der Waals surface area contributed by atoms with Gasteiger partial charge in [0, 0.05) is 0 Å². The summed E-state index contributed by atoms with van der Waals surface area (Å²) in [5, 5.41) is 9.88. The van der Waals surface area contributed by atoms with E-state index in [-0.39, 0.29) is 11.2 Å². The Labute approximate surface area is 102 Å². The first-order valence-electron chi connectivity index (χ1n) is 5.42. The highest BCUT2D eigenvalue weighted by Gasteiger charge is 2.35. The van der Waals surface area contributed by atoms with Gasteiger partial charge in [-0.05, 0) is 39.2 Å². The minimum absolute atomic E-state index is 0.0726. The second-order valence-corrected chi connectivity index (χ2v) is 5.06. The minimum Gasteiger partial charge on any atom is -0.427 e. The molecule has 93 valence electrons. The zero-order valence-electron chi connectivity index (χ0n) is 10.6. The van der Waals surface area contributed by atoms with Gasteiger partial charge < -0.3 is 15.5 Å². The fourth-order valence-electron chi connectivity index (χ4n) is 1.01. The van der Waals surface area contributed by atoms with Crippen LogP contribution in [0.15, 0.2) is 18.2 Å². The molecule has 0 spiro atoms. The van der Waals surface area contributed by atoms with Crippen LogP contribution in [0, 0.1) is 5.82 Å². The zero-order valence-corrected chi connectivity index (χ0v) is 10.6. The van der Waals surface area contributed by atoms with Gasteiger partial charge in [-0.3, -0.25) is 0 Å². The van der Waals surface area contributed by atoms with Crippen LogP contribution in [0.1, 0.15) is 27.7 Å². The third kappa shape index (κ3) is 3.20. The molecule has 0 unspecified atom stereocenters. The van der Waals surface area contributed by atoms with Crippen LogP contribution in [0.4, 0.5) is 10.1 Å². The largest absolute Gasteiger partial charge is 0.427 e. The van der Waals surface area contributed by atoms with Crippen molar-refractivity contribution in [1.29, 1.82) is 0 Å². The molecule has 5 heteroatoms. The Kier molecular flexibility index (Phi) is 3.84. The van der Waals surface area contributed by atoms with E-state index in [9.17, 15) is 9.50 Å². The molecule has 0 aliphatic carbocycles. The second-order valence-electron chi connectivity index (χ2n) is 5.06. The summed E-state index contributed by atoms with van der Waals surface area (Å²) in [6.07, 6.45) is 0. The lowest BCUT2D eigenvalue weighted by atomic mass is 9.82. The molecule has 0 amide bonds. The molecule has 3 N–H and O–H groups in total. The Hall–Kier alpha value is -1.07. The lowest BCUT2D eigenvalue weighted by Crippen LogP contribution is -2.49. The van der Waals surface area contributed by atoms with Crippen LogP contribution in [-0.2, 0) is 4.65 Å². The first-order chi connectivity index (χ1) is 7.65. The third-order valence-electron chi connectivity index (χ3n) is 3.01. The molecule has 0 heterocycles. The van der Waals surface area contributed by atoms with E-state index < -0.39 is 17.0 Å². The molecule has 0 aliphatic heterocycles. The number of halogens is 1. The predicted octanol–water partition coefficient (Wildman–Crippen LogP) is 1.22. The SMILES string of the molecule is CC(C)(O)C(C)(C)O[B]c1cccc(N)c1F. The Morgan fingerprint density at radius 3 is 2.41 bits per heavy atom. The summed E-state index contributed by atoms with van der Waals surface area (Å²) in [6, 6.07) is 4.69. The van der Waals surface area contributed by atoms with Crippen LogP contribution < -0.4 is 11.2 Å². The van der Waals surface area contributed by atoms with Gasteiger partial charge >= 0.3 is 7.48 Å². The van der Waals surface area contributed by atoms with Gasteiger partial charge in [0.2, 0.25) is 0 Å². The topological polar surface area (TPSA) is 55.5 Å². The van der Waals surface area contributed by atoms with Crippen molar-refractivity contribution in [2.24, 2.45) is 0 Å². The molecule has 1 aromatic carbocycles. The molecule has 0 atom stereocenters. The average molecular weight is 238 g/mol. The van der Waals surface area contributed by atoms with Crippen LogP contribution in [0.3, 0.4) is 0 Å². The predicted molar refractivity (Wildman–Crippen MR) is 67.7 cm³/mol. The first-order valence-corrected chi connectivity index (χ1v) is 5.42. The Bertz CT molecular complexity index is 402. The summed E-state index contributed by atoms with van der Waals surface area (Å²) < 4.78 is 19.0. The van der Waals surface area contributed by atoms with Crippen LogP contribution in [0.25, 0.3) is 0 Å². The van der Waals surface area contributed by atoms with Gasteiger partial charge in [-0.1, -0.05) is 12.1 Å². The highest BCUT2D eigenvalue weighted by atomic mass is 19.1. The molecular formula is C12H18BFNO2. The fourth-order valence-corrected chi connectivity index (χ4v) is 1.01. The summed E-state index contributed by atoms with van der Waals surface area (Å²) in [5.41, 5.74) is 3.91. The lowest BCUT2D eigenvalue weighted by molar-refractivity contribution is -0.0893. The van der Waals surface area contributed by atoms with Crippen LogP contribution in [-0.4, -0.2) is 23.8 Å². The van der Waals surface area contributed by atoms with E-state index in [0.717, 1.165) is 0 Å². The monoisotopic (exact) mass is 238 g/mol. The highest BCUT2D eigenvalue weighted by molar-refractivity contribution is 6.47. The van der Waals surface area contributed by atoms with Gasteiger partial charge in [0.25, 0.3) is 0 Å². The maximum absolute atomic E-state index is 13.6. The van der Waals surface area contributed by atoms with Crippen molar-refractivity contribution >= 4 is 18.6 Å². The molecule has 0 aromatic heterocycles. The Morgan fingerprint density at radius 1 is 1.29 bits per heavy atom. The summed E-state index contributed by atoms with van der Waals surface area (Å²) in [7, 11) is 1.28. The van der Waals surface area contributed by atoms with Gasteiger partial charge in [-0.25, -0.2) is 4.39 Å². The number of aliphatic hydroxyl groups is 1. The van der Waals surface area contributed by atoms with Gasteiger partial charge in [0.05, 0.1) is 16.9 Å². The van der Waals surface area contributed by atoms with Crippen molar-refractivity contribution in [3.63, 3.8) is 0 Å². The van der Waals surface area contributed by atoms with Crippen LogP contribution in [0.2, 0.25) is 0 Å². The Balaban J connectivity index is 2.78. The van der Waals surface area contributed by atoms with Gasteiger partial charge in [-0.2, -0.15) is 0 Å². The zero-order chi connectivity index (χ0) is 13.3. The number of nitrogens with two attached hydrogens (primary N) is 1. The molecule has 0 aliphatic rings. The maximum Gasteiger partial charge on any atom is 0.334 e. The summed E-state index contributed by atoms with van der Waals surface area (Å²) in [5.74, 6) is -0.515. The lowest BCUT2D eigenvalue weighted by Gasteiger charge is -2.37. The van der Waals surface area contributed by atoms with E-state index in [0.29, 0.717) is 0 Å². The molecular weight excluding hydrogens is 220 g/mol. The number of hydrogen-bond donors (Lipinski definition) is 2. The van der Waals surface area contributed by atoms with Gasteiger partial charge in [-0.15, -0.1) is 0 Å². The third-order valence-corrected chi connectivity index (χ3v) is 3.01. The van der Waals surface area contributed by atoms with Crippen LogP contribution >= 0.6 is 0 Å². The normalized spacial score (nSPS) is 12.6. The quantitative estimate of drug-likeness (QED) is 0.612. The van der Waals surface area contributed by atoms with E-state index in [1.165, 1.54) is 13.5 Å². The van der Waals surface area contributed by atoms with Crippen molar-refractivity contribution in [1.82, 2.24) is 0 Å². The van der Waals surface area contributed by atoms with E-state index >= 15 is 0 Å². The molecule has 0 bridgehead atoms. The number of nitrogen functional groups attached to an aromatic ring is 1. The molecule has 3 nitrogen and oxygen atoms in total. The van der Waals surface area contributed by atoms with Gasteiger partial charge in [0.15, 0.2) is 0 Å². The molecule has 0 saturated heterocycles. The molecule has 1 aromatic rings. The number of anilines is 1. The van der Waals surface area contributed by atoms with Crippen molar-refractivity contribution in [2.75, 3.05) is 5.73 Å². The molecule has 0 fully saturated rings. The molecule has 1 radical (unpaired) electrons. The van der Waals surface area contributed by atoms with E-state index in [1.54, 1.807) is 39.8 Å². The van der Waals surface area contributed by atoms with Crippen molar-refractivity contribution in [3.8, 4) is 0 Å². The van der Waals surface area contributed by atoms with Crippen LogP contribution in [0.5, 0.6) is 0 Å². The second kappa shape index (κ2) is 4.66. The number of hydrogen-bond acceptors (Lipinski definition) is 3. The van der Waals surface area contributed by atoms with E-state index in [4.69, 9.17) is 10.4 Å². The highest BCUT2D eigenvalue weighted by Crippen LogP contribution is 2.24. The molecule has 17 heavy (non-hydrogen) atoms. The number of benzene rings is 1. The summed E-state index contributed by atoms with van der Waals surface area (Å²) in [4.78, 5) is 0. The molecule has 0 saturated carbocycles. The number of rotatable bonds is 4. The Morgan fingerprint density at radius 2 is 1.88 bits per heavy atom. The minimum atomic E-state index is -1.04. The smallest absolute Gasteiger partial charge is 0.334 e. The standard InChI is InChI=1S/C12H18BFNO2/c1-11(2,16)12(3,4)17-13-8-6-5-7-9(15)10(8)14/h5-7,16H,15H2,1-4H3.